The van der Waals surface area contributed by atoms with Gasteiger partial charge in [0.15, 0.2) is 0 Å². The number of piperidine rings is 2. The number of nitrogens with zero attached hydrogens (tertiary/aromatic N) is 6. The Bertz CT molecular complexity index is 2060. The van der Waals surface area contributed by atoms with Crippen LogP contribution in [0.4, 0.5) is 0 Å². The van der Waals surface area contributed by atoms with E-state index in [1.807, 2.05) is 81.0 Å². The van der Waals surface area contributed by atoms with Crippen molar-refractivity contribution < 1.29 is 4.74 Å². The summed E-state index contributed by atoms with van der Waals surface area (Å²) in [5, 5.41) is 7.52. The lowest BCUT2D eigenvalue weighted by Crippen LogP contribution is -2.32. The van der Waals surface area contributed by atoms with Crippen molar-refractivity contribution in [2.75, 3.05) is 0 Å². The number of hydrogen-bond donors (Lipinski definition) is 2. The molecule has 8 rings (SSSR count). The van der Waals surface area contributed by atoms with Gasteiger partial charge < -0.3 is 15.4 Å². The lowest BCUT2D eigenvalue weighted by Gasteiger charge is -2.31. The van der Waals surface area contributed by atoms with Crippen LogP contribution < -0.4 is 15.4 Å². The number of nitrogens with one attached hydrogen (secondary N) is 2. The van der Waals surface area contributed by atoms with E-state index in [4.69, 9.17) is 14.7 Å². The van der Waals surface area contributed by atoms with Gasteiger partial charge in [0.05, 0.1) is 40.9 Å². The molecule has 8 heterocycles. The Kier molecular flexibility index (Phi) is 15.2. The molecule has 6 aromatic heterocycles. The summed E-state index contributed by atoms with van der Waals surface area (Å²) in [6.07, 6.45) is 17.2. The average molecular weight is 749 g/mol. The molecule has 2 saturated heterocycles. The molecular weight excluding hydrogens is 693 g/mol. The van der Waals surface area contributed by atoms with Crippen molar-refractivity contribution in [2.45, 2.75) is 110 Å². The molecule has 0 aliphatic carbocycles. The molecule has 0 aromatic carbocycles. The summed E-state index contributed by atoms with van der Waals surface area (Å²) in [4.78, 5) is 27.5. The molecule has 0 saturated carbocycles. The lowest BCUT2D eigenvalue weighted by atomic mass is 9.92. The summed E-state index contributed by atoms with van der Waals surface area (Å²) >= 11 is 0. The summed E-state index contributed by atoms with van der Waals surface area (Å²) < 4.78 is 5.78. The monoisotopic (exact) mass is 748 g/mol. The van der Waals surface area contributed by atoms with E-state index in [2.05, 4.69) is 92.9 Å². The maximum Gasteiger partial charge on any atom is 0.221 e. The van der Waals surface area contributed by atoms with E-state index in [-0.39, 0.29) is 12.1 Å². The predicted octanol–water partition coefficient (Wildman–Crippen LogP) is 10.5. The van der Waals surface area contributed by atoms with Gasteiger partial charge >= 0.3 is 0 Å². The summed E-state index contributed by atoms with van der Waals surface area (Å²) in [5.41, 5.74) is 9.29. The van der Waals surface area contributed by atoms with Gasteiger partial charge in [-0.2, -0.15) is 0 Å². The number of aromatic nitrogens is 6. The van der Waals surface area contributed by atoms with Crippen molar-refractivity contribution >= 4 is 0 Å². The zero-order valence-electron chi connectivity index (χ0n) is 33.3. The molecule has 0 spiro atoms. The van der Waals surface area contributed by atoms with Crippen LogP contribution in [0.25, 0.3) is 0 Å². The molecule has 0 amide bonds. The Morgan fingerprint density at radius 3 is 1.61 bits per heavy atom. The molecule has 290 valence electrons. The van der Waals surface area contributed by atoms with Gasteiger partial charge in [-0.05, 0) is 131 Å². The van der Waals surface area contributed by atoms with Crippen molar-refractivity contribution in [3.05, 3.63) is 167 Å². The van der Waals surface area contributed by atoms with E-state index in [1.54, 1.807) is 6.20 Å². The SMILES string of the molecule is CC.Cc1cccnc1C1CCCC(c2cccc(CCCc3ccccn3)n2)N1.Cc1cccnc1C1CCCC(c2cccc(Oc3ccccn3)n2)N1. The first-order valence-corrected chi connectivity index (χ1v) is 20.4. The Hall–Kier alpha value is -5.38. The highest BCUT2D eigenvalue weighted by molar-refractivity contribution is 5.26. The van der Waals surface area contributed by atoms with Crippen LogP contribution in [0.5, 0.6) is 11.8 Å². The minimum Gasteiger partial charge on any atom is -0.421 e. The minimum atomic E-state index is 0.197. The molecule has 0 radical (unpaired) electrons. The summed E-state index contributed by atoms with van der Waals surface area (Å²) in [6, 6.07) is 33.4. The fraction of sp³-hybridized carbons (Fsp3) is 0.362. The number of ether oxygens (including phenoxy) is 1. The van der Waals surface area contributed by atoms with Crippen LogP contribution in [-0.2, 0) is 12.8 Å². The molecule has 0 bridgehead atoms. The van der Waals surface area contributed by atoms with Crippen LogP contribution in [0.3, 0.4) is 0 Å². The number of aryl methyl sites for hydroxylation is 4. The highest BCUT2D eigenvalue weighted by atomic mass is 16.5. The molecule has 9 nitrogen and oxygen atoms in total. The van der Waals surface area contributed by atoms with Gasteiger partial charge in [-0.1, -0.05) is 50.2 Å². The Labute approximate surface area is 332 Å². The van der Waals surface area contributed by atoms with Crippen LogP contribution >= 0.6 is 0 Å². The average Bonchev–Trinajstić information content (AvgIpc) is 3.26. The second-order valence-electron chi connectivity index (χ2n) is 14.2. The highest BCUT2D eigenvalue weighted by Crippen LogP contribution is 2.34. The van der Waals surface area contributed by atoms with Gasteiger partial charge in [0.1, 0.15) is 0 Å². The van der Waals surface area contributed by atoms with Crippen LogP contribution in [0, 0.1) is 13.8 Å². The molecule has 2 aliphatic rings. The third-order valence-corrected chi connectivity index (χ3v) is 10.3. The summed E-state index contributed by atoms with van der Waals surface area (Å²) in [6.45, 7) is 8.27. The van der Waals surface area contributed by atoms with E-state index < -0.39 is 0 Å². The van der Waals surface area contributed by atoms with Crippen molar-refractivity contribution in [1.82, 2.24) is 40.5 Å². The van der Waals surface area contributed by atoms with E-state index in [9.17, 15) is 0 Å². The second kappa shape index (κ2) is 21.1. The molecule has 6 aromatic rings. The van der Waals surface area contributed by atoms with E-state index in [1.165, 1.54) is 28.9 Å². The molecule has 9 heteroatoms. The Balaban J connectivity index is 0.000000182. The Morgan fingerprint density at radius 1 is 0.500 bits per heavy atom. The first kappa shape index (κ1) is 40.3. The highest BCUT2D eigenvalue weighted by Gasteiger charge is 2.27. The van der Waals surface area contributed by atoms with Gasteiger partial charge in [0, 0.05) is 54.3 Å². The zero-order valence-corrected chi connectivity index (χ0v) is 33.3. The number of rotatable bonds is 10. The minimum absolute atomic E-state index is 0.197. The number of hydrogen-bond acceptors (Lipinski definition) is 9. The third kappa shape index (κ3) is 11.3. The lowest BCUT2D eigenvalue weighted by molar-refractivity contribution is 0.318. The van der Waals surface area contributed by atoms with Crippen LogP contribution in [0.1, 0.15) is 128 Å². The van der Waals surface area contributed by atoms with Crippen molar-refractivity contribution in [3.63, 3.8) is 0 Å². The molecule has 2 fully saturated rings. The molecule has 56 heavy (non-hydrogen) atoms. The quantitative estimate of drug-likeness (QED) is 0.141. The largest absolute Gasteiger partial charge is 0.421 e. The van der Waals surface area contributed by atoms with Crippen molar-refractivity contribution in [2.24, 2.45) is 0 Å². The normalized spacial score (nSPS) is 19.1. The van der Waals surface area contributed by atoms with Gasteiger partial charge in [0.2, 0.25) is 11.8 Å². The van der Waals surface area contributed by atoms with E-state index in [0.717, 1.165) is 74.1 Å². The van der Waals surface area contributed by atoms with Crippen LogP contribution in [0.15, 0.2) is 122 Å². The second-order valence-corrected chi connectivity index (χ2v) is 14.2. The number of pyridine rings is 6. The maximum atomic E-state index is 5.78. The van der Waals surface area contributed by atoms with E-state index >= 15 is 0 Å². The van der Waals surface area contributed by atoms with Crippen molar-refractivity contribution in [1.29, 1.82) is 0 Å². The molecule has 4 unspecified atom stereocenters. The standard InChI is InChI=1S/C24H28N4.C21H22N4O.C2H6/c1-18-8-7-17-26-24(18)23-15-6-14-22(28-23)21-13-5-12-20(27-21)11-4-10-19-9-2-3-16-25-19;1-15-7-6-14-23-21(15)18-10-4-8-16(24-18)17-9-5-12-20(25-17)26-19-11-2-3-13-22-19;1-2/h2-3,5,7-9,12-13,16-17,22-23,28H,4,6,10-11,14-15H2,1H3;2-3,5-7,9,11-14,16,18,24H,4,8,10H2,1H3;1-2H3. The van der Waals surface area contributed by atoms with Gasteiger partial charge in [0.25, 0.3) is 0 Å². The molecule has 4 atom stereocenters. The first-order chi connectivity index (χ1) is 27.6. The first-order valence-electron chi connectivity index (χ1n) is 20.4. The fourth-order valence-corrected chi connectivity index (χ4v) is 7.52. The molecular formula is C47H56N8O. The topological polar surface area (TPSA) is 111 Å². The molecule has 2 aliphatic heterocycles. The van der Waals surface area contributed by atoms with E-state index in [0.29, 0.717) is 23.8 Å². The third-order valence-electron chi connectivity index (χ3n) is 10.3. The Morgan fingerprint density at radius 2 is 1.02 bits per heavy atom. The summed E-state index contributed by atoms with van der Waals surface area (Å²) in [5.74, 6) is 1.12. The fourth-order valence-electron chi connectivity index (χ4n) is 7.52. The van der Waals surface area contributed by atoms with Gasteiger partial charge in [-0.25, -0.2) is 9.97 Å². The van der Waals surface area contributed by atoms with Crippen LogP contribution in [-0.4, -0.2) is 29.9 Å². The van der Waals surface area contributed by atoms with Gasteiger partial charge in [-0.3, -0.25) is 19.9 Å². The van der Waals surface area contributed by atoms with Crippen molar-refractivity contribution in [3.8, 4) is 11.8 Å². The van der Waals surface area contributed by atoms with Crippen LogP contribution in [0.2, 0.25) is 0 Å². The van der Waals surface area contributed by atoms with Gasteiger partial charge in [-0.15, -0.1) is 0 Å². The summed E-state index contributed by atoms with van der Waals surface area (Å²) in [7, 11) is 0. The zero-order chi connectivity index (χ0) is 39.0. The smallest absolute Gasteiger partial charge is 0.221 e. The maximum absolute atomic E-state index is 5.78. The molecule has 2 N–H and O–H groups in total. The predicted molar refractivity (Wildman–Crippen MR) is 223 cm³/mol.